The highest BCUT2D eigenvalue weighted by molar-refractivity contribution is 7.80. The van der Waals surface area contributed by atoms with E-state index in [1.165, 1.54) is 0 Å². The quantitative estimate of drug-likeness (QED) is 0.779. The van der Waals surface area contributed by atoms with Crippen LogP contribution in [0.25, 0.3) is 0 Å². The highest BCUT2D eigenvalue weighted by atomic mass is 32.1. The summed E-state index contributed by atoms with van der Waals surface area (Å²) in [6, 6.07) is 5.41. The summed E-state index contributed by atoms with van der Waals surface area (Å²) in [7, 11) is 0. The summed E-state index contributed by atoms with van der Waals surface area (Å²) in [5.74, 6) is -0.567. The van der Waals surface area contributed by atoms with Crippen molar-refractivity contribution in [2.24, 2.45) is 0 Å². The fourth-order valence-electron chi connectivity index (χ4n) is 1.56. The molecule has 2 rings (SSSR count). The minimum Gasteiger partial charge on any atom is -0.481 e. The fraction of sp³-hybridized carbons (Fsp3) is 0.273. The molecule has 4 heteroatoms. The number of hydrogen-bond donors (Lipinski definition) is 1. The Hall–Kier alpha value is -1.42. The van der Waals surface area contributed by atoms with Crippen LogP contribution in [0.15, 0.2) is 18.2 Å². The number of fused-ring (bicyclic) bond motifs is 1. The molecule has 1 aromatic rings. The van der Waals surface area contributed by atoms with Gasteiger partial charge in [-0.25, -0.2) is 0 Å². The molecule has 0 radical (unpaired) electrons. The average molecular weight is 222 g/mol. The highest BCUT2D eigenvalue weighted by Gasteiger charge is 2.20. The number of rotatable bonds is 2. The first-order chi connectivity index (χ1) is 7.08. The molecule has 0 spiro atoms. The van der Waals surface area contributed by atoms with Crippen molar-refractivity contribution in [3.8, 4) is 5.75 Å². The molecule has 0 saturated heterocycles. The molecule has 1 aliphatic rings. The van der Waals surface area contributed by atoms with Gasteiger partial charge in [0.25, 0.3) is 0 Å². The van der Waals surface area contributed by atoms with Crippen LogP contribution in [0.1, 0.15) is 24.0 Å². The molecule has 3 nitrogen and oxygen atoms in total. The first-order valence-corrected chi connectivity index (χ1v) is 5.05. The maximum atomic E-state index is 10.8. The van der Waals surface area contributed by atoms with E-state index in [4.69, 9.17) is 22.1 Å². The Morgan fingerprint density at radius 2 is 2.33 bits per heavy atom. The smallest absolute Gasteiger partial charge is 0.310 e. The van der Waals surface area contributed by atoms with Crippen molar-refractivity contribution in [3.63, 3.8) is 0 Å². The van der Waals surface area contributed by atoms with Gasteiger partial charge in [0, 0.05) is 12.0 Å². The normalized spacial score (nSPS) is 15.7. The number of ether oxygens (including phenoxy) is 1. The Bertz CT molecular complexity index is 439. The second kappa shape index (κ2) is 3.62. The Morgan fingerprint density at radius 1 is 1.60 bits per heavy atom. The van der Waals surface area contributed by atoms with E-state index < -0.39 is 11.9 Å². The Balaban J connectivity index is 2.35. The lowest BCUT2D eigenvalue weighted by molar-refractivity contribution is -0.138. The molecular weight excluding hydrogens is 212 g/mol. The second-order valence-electron chi connectivity index (χ2n) is 3.58. The van der Waals surface area contributed by atoms with Gasteiger partial charge in [-0.15, -0.1) is 0 Å². The maximum absolute atomic E-state index is 10.8. The third-order valence-corrected chi connectivity index (χ3v) is 2.74. The molecule has 78 valence electrons. The molecule has 1 N–H and O–H groups in total. The van der Waals surface area contributed by atoms with Gasteiger partial charge in [0.05, 0.1) is 5.92 Å². The van der Waals surface area contributed by atoms with E-state index in [2.05, 4.69) is 0 Å². The zero-order chi connectivity index (χ0) is 11.0. The maximum Gasteiger partial charge on any atom is 0.310 e. The van der Waals surface area contributed by atoms with Gasteiger partial charge in [-0.2, -0.15) is 0 Å². The van der Waals surface area contributed by atoms with Gasteiger partial charge in [0.15, 0.2) is 5.05 Å². The standard InChI is InChI=1S/C11H10O3S/c1-6(11(12)13)7-2-3-9-8(4-7)5-10(15)14-9/h2-4,6H,5H2,1H3,(H,12,13). The predicted octanol–water partition coefficient (Wildman–Crippen LogP) is 2.14. The fourth-order valence-corrected chi connectivity index (χ4v) is 1.81. The van der Waals surface area contributed by atoms with Crippen LogP contribution in [0, 0.1) is 0 Å². The van der Waals surface area contributed by atoms with Crippen molar-refractivity contribution in [2.45, 2.75) is 19.3 Å². The molecule has 1 aliphatic heterocycles. The topological polar surface area (TPSA) is 46.5 Å². The molecule has 0 aliphatic carbocycles. The summed E-state index contributed by atoms with van der Waals surface area (Å²) in [5, 5.41) is 9.43. The van der Waals surface area contributed by atoms with Crippen molar-refractivity contribution >= 4 is 23.2 Å². The van der Waals surface area contributed by atoms with E-state index in [0.717, 1.165) is 16.9 Å². The van der Waals surface area contributed by atoms with Crippen LogP contribution in [0.5, 0.6) is 5.75 Å². The number of carboxylic acids is 1. The Morgan fingerprint density at radius 3 is 3.00 bits per heavy atom. The number of aliphatic carboxylic acids is 1. The molecule has 1 aromatic carbocycles. The monoisotopic (exact) mass is 222 g/mol. The van der Waals surface area contributed by atoms with E-state index in [0.29, 0.717) is 11.5 Å². The molecule has 0 bridgehead atoms. The van der Waals surface area contributed by atoms with Crippen LogP contribution < -0.4 is 4.74 Å². The van der Waals surface area contributed by atoms with Crippen molar-refractivity contribution in [1.29, 1.82) is 0 Å². The van der Waals surface area contributed by atoms with Crippen molar-refractivity contribution in [1.82, 2.24) is 0 Å². The summed E-state index contributed by atoms with van der Waals surface area (Å²) < 4.78 is 5.29. The van der Waals surface area contributed by atoms with Gasteiger partial charge in [-0.05, 0) is 30.8 Å². The molecule has 0 fully saturated rings. The minimum absolute atomic E-state index is 0.496. The van der Waals surface area contributed by atoms with Crippen molar-refractivity contribution in [3.05, 3.63) is 29.3 Å². The average Bonchev–Trinajstić information content (AvgIpc) is 2.55. The first-order valence-electron chi connectivity index (χ1n) is 4.64. The third-order valence-electron chi connectivity index (χ3n) is 2.51. The van der Waals surface area contributed by atoms with Gasteiger partial charge >= 0.3 is 5.97 Å². The summed E-state index contributed by atoms with van der Waals surface area (Å²) in [4.78, 5) is 10.8. The SMILES string of the molecule is CC(C(=O)O)c1ccc2c(c1)CC(=S)O2. The third kappa shape index (κ3) is 1.85. The summed E-state index contributed by atoms with van der Waals surface area (Å²) in [6.45, 7) is 1.66. The van der Waals surface area contributed by atoms with Gasteiger partial charge in [-0.3, -0.25) is 4.79 Å². The van der Waals surface area contributed by atoms with Crippen LogP contribution in [0.2, 0.25) is 0 Å². The second-order valence-corrected chi connectivity index (χ2v) is 4.03. The van der Waals surface area contributed by atoms with E-state index in [1.807, 2.05) is 6.07 Å². The van der Waals surface area contributed by atoms with Crippen molar-refractivity contribution < 1.29 is 14.6 Å². The van der Waals surface area contributed by atoms with Crippen LogP contribution in [-0.2, 0) is 11.2 Å². The van der Waals surface area contributed by atoms with Gasteiger partial charge in [0.1, 0.15) is 5.75 Å². The molecular formula is C11H10O3S. The van der Waals surface area contributed by atoms with Gasteiger partial charge in [-0.1, -0.05) is 12.1 Å². The molecule has 0 saturated carbocycles. The molecule has 1 unspecified atom stereocenters. The number of carbonyl (C=O) groups is 1. The van der Waals surface area contributed by atoms with Crippen molar-refractivity contribution in [2.75, 3.05) is 0 Å². The van der Waals surface area contributed by atoms with E-state index in [9.17, 15) is 4.79 Å². The zero-order valence-electron chi connectivity index (χ0n) is 8.19. The van der Waals surface area contributed by atoms with Crippen LogP contribution in [-0.4, -0.2) is 16.1 Å². The number of hydrogen-bond acceptors (Lipinski definition) is 3. The number of benzene rings is 1. The van der Waals surface area contributed by atoms with E-state index in [1.54, 1.807) is 19.1 Å². The van der Waals surface area contributed by atoms with E-state index >= 15 is 0 Å². The molecule has 1 atom stereocenters. The minimum atomic E-state index is -0.823. The van der Waals surface area contributed by atoms with E-state index in [-0.39, 0.29) is 0 Å². The lowest BCUT2D eigenvalue weighted by Gasteiger charge is -2.07. The zero-order valence-corrected chi connectivity index (χ0v) is 9.00. The van der Waals surface area contributed by atoms with Crippen LogP contribution in [0.4, 0.5) is 0 Å². The molecule has 1 heterocycles. The Labute approximate surface area is 92.7 Å². The molecule has 15 heavy (non-hydrogen) atoms. The first kappa shape index (κ1) is 10.1. The lowest BCUT2D eigenvalue weighted by atomic mass is 9.98. The predicted molar refractivity (Wildman–Crippen MR) is 59.4 cm³/mol. The largest absolute Gasteiger partial charge is 0.481 e. The molecule has 0 amide bonds. The number of carboxylic acid groups (broad SMARTS) is 1. The van der Waals surface area contributed by atoms with Gasteiger partial charge < -0.3 is 9.84 Å². The summed E-state index contributed by atoms with van der Waals surface area (Å²) in [5.41, 5.74) is 1.76. The highest BCUT2D eigenvalue weighted by Crippen LogP contribution is 2.29. The Kier molecular flexibility index (Phi) is 2.44. The summed E-state index contributed by atoms with van der Waals surface area (Å²) in [6.07, 6.45) is 0.602. The van der Waals surface area contributed by atoms with Crippen LogP contribution in [0.3, 0.4) is 0 Å². The number of thiocarbonyl (C=S) groups is 1. The molecule has 0 aromatic heterocycles. The van der Waals surface area contributed by atoms with Crippen LogP contribution >= 0.6 is 12.2 Å². The lowest BCUT2D eigenvalue weighted by Crippen LogP contribution is -2.07. The summed E-state index contributed by atoms with van der Waals surface area (Å²) >= 11 is 4.95. The van der Waals surface area contributed by atoms with Gasteiger partial charge in [0.2, 0.25) is 0 Å².